The van der Waals surface area contributed by atoms with Crippen LogP contribution >= 0.6 is 0 Å². The van der Waals surface area contributed by atoms with Crippen molar-refractivity contribution in [1.29, 1.82) is 5.26 Å². The second kappa shape index (κ2) is 10.1. The summed E-state index contributed by atoms with van der Waals surface area (Å²) in [5, 5.41) is 16.6. The van der Waals surface area contributed by atoms with Crippen LogP contribution in [0.2, 0.25) is 0 Å². The smallest absolute Gasteiger partial charge is 0.248 e. The maximum absolute atomic E-state index is 12.8. The van der Waals surface area contributed by atoms with E-state index < -0.39 is 0 Å². The Hall–Kier alpha value is -4.33. The normalized spacial score (nSPS) is 13.6. The number of nitrogens with one attached hydrogen (secondary N) is 2. The van der Waals surface area contributed by atoms with Gasteiger partial charge in [-0.25, -0.2) is 0 Å². The van der Waals surface area contributed by atoms with E-state index in [9.17, 15) is 10.1 Å². The Balaban J connectivity index is 1.72. The molecule has 1 aliphatic rings. The molecule has 0 aliphatic carbocycles. The van der Waals surface area contributed by atoms with Crippen LogP contribution in [0.25, 0.3) is 10.9 Å². The lowest BCUT2D eigenvalue weighted by molar-refractivity contribution is -0.112. The van der Waals surface area contributed by atoms with E-state index >= 15 is 0 Å². The number of carbonyl (C=O) groups is 1. The largest absolute Gasteiger partial charge is 0.494 e. The van der Waals surface area contributed by atoms with E-state index in [1.165, 1.54) is 6.20 Å². The third-order valence-corrected chi connectivity index (χ3v) is 5.83. The highest BCUT2D eigenvalue weighted by Crippen LogP contribution is 2.36. The van der Waals surface area contributed by atoms with Crippen LogP contribution in [0, 0.1) is 23.7 Å². The first-order chi connectivity index (χ1) is 16.5. The highest BCUT2D eigenvalue weighted by atomic mass is 16.5. The van der Waals surface area contributed by atoms with Gasteiger partial charge in [-0.2, -0.15) is 5.26 Å². The van der Waals surface area contributed by atoms with Crippen LogP contribution in [-0.2, 0) is 4.79 Å². The Morgan fingerprint density at radius 2 is 2.06 bits per heavy atom. The van der Waals surface area contributed by atoms with Gasteiger partial charge in [0.2, 0.25) is 5.91 Å². The van der Waals surface area contributed by atoms with Gasteiger partial charge < -0.3 is 20.3 Å². The third kappa shape index (κ3) is 5.01. The summed E-state index contributed by atoms with van der Waals surface area (Å²) < 4.78 is 5.51. The summed E-state index contributed by atoms with van der Waals surface area (Å²) in [4.78, 5) is 19.4. The molecule has 1 aliphatic heterocycles. The second-order valence-corrected chi connectivity index (χ2v) is 8.17. The quantitative estimate of drug-likeness (QED) is 0.441. The SMILES string of the molecule is C#Cc1cccc(Nc2c(C#N)cnc3cc(OC)c(NC(=O)C=C4CCN(C)CC4)cc23)c1. The molecule has 0 atom stereocenters. The van der Waals surface area contributed by atoms with Gasteiger partial charge in [0.25, 0.3) is 0 Å². The molecule has 3 aromatic rings. The minimum atomic E-state index is -0.210. The van der Waals surface area contributed by atoms with Crippen molar-refractivity contribution in [2.24, 2.45) is 0 Å². The zero-order valence-corrected chi connectivity index (χ0v) is 19.2. The summed E-state index contributed by atoms with van der Waals surface area (Å²) in [6, 6.07) is 13.1. The van der Waals surface area contributed by atoms with E-state index in [4.69, 9.17) is 11.2 Å². The molecule has 0 unspecified atom stereocenters. The molecule has 1 aromatic heterocycles. The highest BCUT2D eigenvalue weighted by Gasteiger charge is 2.16. The average Bonchev–Trinajstić information content (AvgIpc) is 2.85. The molecule has 0 spiro atoms. The molecular weight excluding hydrogens is 426 g/mol. The number of nitrogens with zero attached hydrogens (tertiary/aromatic N) is 3. The molecule has 7 nitrogen and oxygen atoms in total. The fraction of sp³-hybridized carbons (Fsp3) is 0.222. The number of likely N-dealkylation sites (tertiary alicyclic amines) is 1. The van der Waals surface area contributed by atoms with E-state index in [0.717, 1.165) is 42.8 Å². The van der Waals surface area contributed by atoms with E-state index in [2.05, 4.69) is 39.6 Å². The number of hydrogen-bond acceptors (Lipinski definition) is 6. The van der Waals surface area contributed by atoms with E-state index in [1.54, 1.807) is 25.3 Å². The lowest BCUT2D eigenvalue weighted by Crippen LogP contribution is -2.27. The number of terminal acetylenes is 1. The number of piperidine rings is 1. The van der Waals surface area contributed by atoms with Gasteiger partial charge in [-0.15, -0.1) is 6.42 Å². The lowest BCUT2D eigenvalue weighted by Gasteiger charge is -2.23. The predicted octanol–water partition coefficient (Wildman–Crippen LogP) is 4.43. The summed E-state index contributed by atoms with van der Waals surface area (Å²) in [7, 11) is 3.62. The molecule has 1 fully saturated rings. The first-order valence-electron chi connectivity index (χ1n) is 10.9. The number of carbonyl (C=O) groups excluding carboxylic acids is 1. The molecule has 170 valence electrons. The number of hydrogen-bond donors (Lipinski definition) is 2. The molecule has 1 amide bonds. The van der Waals surface area contributed by atoms with Crippen LogP contribution in [0.4, 0.5) is 17.1 Å². The standard InChI is InChI=1S/C27H25N5O2/c1-4-18-6-5-7-21(12-18)30-27-20(16-28)17-29-23-15-25(34-3)24(14-22(23)27)31-26(33)13-19-8-10-32(2)11-9-19/h1,5-7,12-15,17H,8-11H2,2-3H3,(H,29,30)(H,31,33). The van der Waals surface area contributed by atoms with E-state index in [-0.39, 0.29) is 5.91 Å². The molecule has 0 saturated carbocycles. The molecule has 2 aromatic carbocycles. The fourth-order valence-corrected chi connectivity index (χ4v) is 3.94. The van der Waals surface area contributed by atoms with Gasteiger partial charge >= 0.3 is 0 Å². The number of aromatic nitrogens is 1. The number of nitriles is 1. The number of fused-ring (bicyclic) bond motifs is 1. The van der Waals surface area contributed by atoms with Crippen molar-refractivity contribution >= 4 is 33.9 Å². The van der Waals surface area contributed by atoms with Crippen LogP contribution in [0.5, 0.6) is 5.75 Å². The molecule has 2 N–H and O–H groups in total. The number of methoxy groups -OCH3 is 1. The Morgan fingerprint density at radius 1 is 1.26 bits per heavy atom. The summed E-state index contributed by atoms with van der Waals surface area (Å²) in [6.45, 7) is 1.88. The maximum Gasteiger partial charge on any atom is 0.248 e. The van der Waals surface area contributed by atoms with E-state index in [0.29, 0.717) is 33.6 Å². The molecule has 7 heteroatoms. The average molecular weight is 452 g/mol. The van der Waals surface area contributed by atoms with Gasteiger partial charge in [-0.05, 0) is 44.2 Å². The van der Waals surface area contributed by atoms with Gasteiger partial charge in [0.15, 0.2) is 0 Å². The Kier molecular flexibility index (Phi) is 6.77. The summed E-state index contributed by atoms with van der Waals surface area (Å²) in [6.07, 6.45) is 10.5. The summed E-state index contributed by atoms with van der Waals surface area (Å²) in [5.74, 6) is 2.89. The van der Waals surface area contributed by atoms with Gasteiger partial charge in [0.1, 0.15) is 11.8 Å². The Labute approximate surface area is 199 Å². The fourth-order valence-electron chi connectivity index (χ4n) is 3.94. The zero-order chi connectivity index (χ0) is 24.1. The molecule has 4 rings (SSSR count). The monoisotopic (exact) mass is 451 g/mol. The number of anilines is 3. The number of amides is 1. The lowest BCUT2D eigenvalue weighted by atomic mass is 10.0. The second-order valence-electron chi connectivity index (χ2n) is 8.17. The molecule has 0 bridgehead atoms. The van der Waals surface area contributed by atoms with Crippen LogP contribution < -0.4 is 15.4 Å². The van der Waals surface area contributed by atoms with Crippen molar-refractivity contribution in [2.75, 3.05) is 37.9 Å². The first kappa shape index (κ1) is 22.8. The minimum absolute atomic E-state index is 0.210. The van der Waals surface area contributed by atoms with Crippen LogP contribution in [0.1, 0.15) is 24.0 Å². The summed E-state index contributed by atoms with van der Waals surface area (Å²) in [5.41, 5.74) is 4.66. The van der Waals surface area contributed by atoms with Crippen LogP contribution in [0.15, 0.2) is 54.2 Å². The van der Waals surface area contributed by atoms with Gasteiger partial charge in [-0.1, -0.05) is 17.6 Å². The molecule has 2 heterocycles. The number of rotatable bonds is 5. The topological polar surface area (TPSA) is 90.3 Å². The summed E-state index contributed by atoms with van der Waals surface area (Å²) >= 11 is 0. The molecule has 34 heavy (non-hydrogen) atoms. The van der Waals surface area contributed by atoms with Crippen molar-refractivity contribution < 1.29 is 9.53 Å². The molecular formula is C27H25N5O2. The Morgan fingerprint density at radius 3 is 2.76 bits per heavy atom. The van der Waals surface area contributed by atoms with Gasteiger partial charge in [0.05, 0.1) is 29.6 Å². The minimum Gasteiger partial charge on any atom is -0.494 e. The van der Waals surface area contributed by atoms with E-state index in [1.807, 2.05) is 24.3 Å². The first-order valence-corrected chi connectivity index (χ1v) is 10.9. The van der Waals surface area contributed by atoms with Crippen molar-refractivity contribution in [3.05, 3.63) is 65.4 Å². The number of pyridine rings is 1. The van der Waals surface area contributed by atoms with Crippen molar-refractivity contribution in [2.45, 2.75) is 12.8 Å². The predicted molar refractivity (Wildman–Crippen MR) is 134 cm³/mol. The van der Waals surface area contributed by atoms with Crippen LogP contribution in [0.3, 0.4) is 0 Å². The number of benzene rings is 2. The highest BCUT2D eigenvalue weighted by molar-refractivity contribution is 6.05. The molecule has 0 radical (unpaired) electrons. The zero-order valence-electron chi connectivity index (χ0n) is 19.2. The van der Waals surface area contributed by atoms with Crippen molar-refractivity contribution in [3.63, 3.8) is 0 Å². The molecule has 1 saturated heterocycles. The maximum atomic E-state index is 12.8. The Bertz CT molecular complexity index is 1350. The van der Waals surface area contributed by atoms with Crippen molar-refractivity contribution in [3.8, 4) is 24.2 Å². The van der Waals surface area contributed by atoms with Crippen molar-refractivity contribution in [1.82, 2.24) is 9.88 Å². The van der Waals surface area contributed by atoms with Crippen LogP contribution in [-0.4, -0.2) is 43.0 Å². The van der Waals surface area contributed by atoms with Gasteiger partial charge in [0, 0.05) is 48.1 Å². The number of ether oxygens (including phenoxy) is 1. The van der Waals surface area contributed by atoms with Gasteiger partial charge in [-0.3, -0.25) is 9.78 Å². The third-order valence-electron chi connectivity index (χ3n) is 5.83.